The summed E-state index contributed by atoms with van der Waals surface area (Å²) in [4.78, 5) is 24.7. The molecule has 28 heavy (non-hydrogen) atoms. The van der Waals surface area contributed by atoms with Crippen molar-refractivity contribution in [1.29, 1.82) is 0 Å². The van der Waals surface area contributed by atoms with Crippen LogP contribution in [-0.2, 0) is 4.79 Å². The first-order valence-corrected chi connectivity index (χ1v) is 8.75. The number of hydrogen-bond donors (Lipinski definition) is 0. The summed E-state index contributed by atoms with van der Waals surface area (Å²) in [6.45, 7) is 5.31. The molecular weight excluding hydrogens is 360 g/mol. The molecule has 3 rings (SSSR count). The van der Waals surface area contributed by atoms with Crippen LogP contribution in [0.1, 0.15) is 36.7 Å². The van der Waals surface area contributed by atoms with Gasteiger partial charge in [0.05, 0.1) is 25.2 Å². The average molecular weight is 382 g/mol. The van der Waals surface area contributed by atoms with Crippen molar-refractivity contribution in [2.24, 2.45) is 5.41 Å². The summed E-state index contributed by atoms with van der Waals surface area (Å²) in [5, 5.41) is 0. The minimum atomic E-state index is -0.635. The van der Waals surface area contributed by atoms with Gasteiger partial charge in [-0.2, -0.15) is 0 Å². The highest BCUT2D eigenvalue weighted by Crippen LogP contribution is 2.36. The zero-order valence-electron chi connectivity index (χ0n) is 16.5. The molecule has 0 radical (unpaired) electrons. The number of benzene rings is 2. The van der Waals surface area contributed by atoms with E-state index in [1.54, 1.807) is 77.5 Å². The molecule has 1 heterocycles. The van der Waals surface area contributed by atoms with Gasteiger partial charge in [0, 0.05) is 11.6 Å². The summed E-state index contributed by atoms with van der Waals surface area (Å²) in [7, 11) is 3.11. The van der Waals surface area contributed by atoms with Crippen molar-refractivity contribution >= 4 is 17.8 Å². The fraction of sp³-hybridized carbons (Fsp3) is 0.273. The Balaban J connectivity index is 1.90. The largest absolute Gasteiger partial charge is 0.497 e. The second-order valence-electron chi connectivity index (χ2n) is 7.35. The van der Waals surface area contributed by atoms with Crippen molar-refractivity contribution in [3.63, 3.8) is 0 Å². The zero-order chi connectivity index (χ0) is 20.5. The highest BCUT2D eigenvalue weighted by Gasteiger charge is 2.29. The van der Waals surface area contributed by atoms with Gasteiger partial charge in [0.2, 0.25) is 5.78 Å². The normalized spacial score (nSPS) is 14.5. The number of methoxy groups -OCH3 is 2. The van der Waals surface area contributed by atoms with Gasteiger partial charge in [-0.25, -0.2) is 0 Å². The number of allylic oxidation sites excluding steroid dienone is 1. The van der Waals surface area contributed by atoms with Gasteiger partial charge in [-0.15, -0.1) is 0 Å². The molecule has 0 bridgehead atoms. The lowest BCUT2D eigenvalue weighted by molar-refractivity contribution is -0.143. The van der Waals surface area contributed by atoms with Crippen LogP contribution in [-0.4, -0.2) is 26.0 Å². The Morgan fingerprint density at radius 1 is 1.00 bits per heavy atom. The standard InChI is InChI=1S/C22H22O6/c1-22(2,3)21(24)27-15-6-8-16-18(12-15)28-19(20(16)23)11-13-10-14(25-4)7-9-17(13)26-5/h6-12H,1-5H3/b19-11-. The number of ether oxygens (including phenoxy) is 4. The van der Waals surface area contributed by atoms with Crippen LogP contribution in [0.15, 0.2) is 42.2 Å². The fourth-order valence-electron chi connectivity index (χ4n) is 2.58. The fourth-order valence-corrected chi connectivity index (χ4v) is 2.58. The van der Waals surface area contributed by atoms with E-state index in [2.05, 4.69) is 0 Å². The predicted octanol–water partition coefficient (Wildman–Crippen LogP) is 4.27. The summed E-state index contributed by atoms with van der Waals surface area (Å²) in [5.41, 5.74) is 0.421. The van der Waals surface area contributed by atoms with Gasteiger partial charge in [0.1, 0.15) is 23.0 Å². The molecule has 0 fully saturated rings. The van der Waals surface area contributed by atoms with Crippen LogP contribution < -0.4 is 18.9 Å². The molecule has 2 aromatic carbocycles. The van der Waals surface area contributed by atoms with Gasteiger partial charge in [-0.05, 0) is 57.2 Å². The Kier molecular flexibility index (Phi) is 5.14. The van der Waals surface area contributed by atoms with Crippen molar-refractivity contribution in [2.45, 2.75) is 20.8 Å². The molecule has 0 atom stereocenters. The molecule has 0 amide bonds. The van der Waals surface area contributed by atoms with Crippen LogP contribution in [0.3, 0.4) is 0 Å². The van der Waals surface area contributed by atoms with E-state index in [0.29, 0.717) is 34.1 Å². The molecule has 6 heteroatoms. The smallest absolute Gasteiger partial charge is 0.316 e. The molecule has 146 valence electrons. The van der Waals surface area contributed by atoms with Crippen LogP contribution in [0.25, 0.3) is 6.08 Å². The van der Waals surface area contributed by atoms with Gasteiger partial charge in [-0.1, -0.05) is 0 Å². The van der Waals surface area contributed by atoms with Crippen molar-refractivity contribution in [1.82, 2.24) is 0 Å². The molecule has 2 aromatic rings. The van der Waals surface area contributed by atoms with E-state index in [4.69, 9.17) is 18.9 Å². The van der Waals surface area contributed by atoms with Gasteiger partial charge >= 0.3 is 5.97 Å². The van der Waals surface area contributed by atoms with E-state index >= 15 is 0 Å². The number of carbonyl (C=O) groups excluding carboxylic acids is 2. The van der Waals surface area contributed by atoms with Crippen LogP contribution in [0.5, 0.6) is 23.0 Å². The summed E-state index contributed by atoms with van der Waals surface area (Å²) in [5.74, 6) is 1.42. The van der Waals surface area contributed by atoms with E-state index in [0.717, 1.165) is 0 Å². The Labute approximate surface area is 163 Å². The van der Waals surface area contributed by atoms with Crippen LogP contribution >= 0.6 is 0 Å². The predicted molar refractivity (Wildman–Crippen MR) is 104 cm³/mol. The molecule has 0 saturated carbocycles. The summed E-state index contributed by atoms with van der Waals surface area (Å²) < 4.78 is 21.7. The van der Waals surface area contributed by atoms with E-state index in [9.17, 15) is 9.59 Å². The Morgan fingerprint density at radius 3 is 2.36 bits per heavy atom. The third-order valence-corrected chi connectivity index (χ3v) is 4.19. The summed E-state index contributed by atoms with van der Waals surface area (Å²) in [6, 6.07) is 9.98. The number of Topliss-reactive ketones (excluding diaryl/α,β-unsaturated/α-hetero) is 1. The molecule has 0 aromatic heterocycles. The topological polar surface area (TPSA) is 71.1 Å². The molecule has 6 nitrogen and oxygen atoms in total. The third-order valence-electron chi connectivity index (χ3n) is 4.19. The van der Waals surface area contributed by atoms with E-state index in [1.807, 2.05) is 0 Å². The Bertz CT molecular complexity index is 965. The molecule has 0 aliphatic carbocycles. The highest BCUT2D eigenvalue weighted by atomic mass is 16.5. The average Bonchev–Trinajstić information content (AvgIpc) is 2.96. The molecule has 0 spiro atoms. The second-order valence-corrected chi connectivity index (χ2v) is 7.35. The lowest BCUT2D eigenvalue weighted by Crippen LogP contribution is -2.25. The number of rotatable bonds is 4. The number of carbonyl (C=O) groups is 2. The van der Waals surface area contributed by atoms with E-state index in [-0.39, 0.29) is 17.5 Å². The number of esters is 1. The molecular formula is C22H22O6. The molecule has 0 N–H and O–H groups in total. The summed E-state index contributed by atoms with van der Waals surface area (Å²) >= 11 is 0. The van der Waals surface area contributed by atoms with Crippen molar-refractivity contribution in [2.75, 3.05) is 14.2 Å². The Hall–Kier alpha value is -3.28. The first-order valence-electron chi connectivity index (χ1n) is 8.75. The number of ketones is 1. The van der Waals surface area contributed by atoms with Crippen molar-refractivity contribution < 1.29 is 28.5 Å². The lowest BCUT2D eigenvalue weighted by atomic mass is 9.97. The first-order chi connectivity index (χ1) is 13.2. The third kappa shape index (κ3) is 3.86. The number of hydrogen-bond acceptors (Lipinski definition) is 6. The molecule has 0 unspecified atom stereocenters. The Morgan fingerprint density at radius 2 is 1.71 bits per heavy atom. The maximum absolute atomic E-state index is 12.7. The van der Waals surface area contributed by atoms with E-state index < -0.39 is 5.41 Å². The van der Waals surface area contributed by atoms with Crippen molar-refractivity contribution in [3.8, 4) is 23.0 Å². The van der Waals surface area contributed by atoms with Gasteiger partial charge < -0.3 is 18.9 Å². The minimum Gasteiger partial charge on any atom is -0.497 e. The maximum atomic E-state index is 12.7. The number of fused-ring (bicyclic) bond motifs is 1. The van der Waals surface area contributed by atoms with Crippen LogP contribution in [0.4, 0.5) is 0 Å². The lowest BCUT2D eigenvalue weighted by Gasteiger charge is -2.16. The van der Waals surface area contributed by atoms with Crippen LogP contribution in [0, 0.1) is 5.41 Å². The van der Waals surface area contributed by atoms with Gasteiger partial charge in [0.25, 0.3) is 0 Å². The first kappa shape index (κ1) is 19.5. The second kappa shape index (κ2) is 7.38. The quantitative estimate of drug-likeness (QED) is 0.447. The SMILES string of the molecule is COc1ccc(OC)c(/C=C2\Oc3cc(OC(=O)C(C)(C)C)ccc3C2=O)c1. The van der Waals surface area contributed by atoms with Crippen LogP contribution in [0.2, 0.25) is 0 Å². The zero-order valence-corrected chi connectivity index (χ0v) is 16.5. The van der Waals surface area contributed by atoms with Gasteiger partial charge in [0.15, 0.2) is 5.76 Å². The summed E-state index contributed by atoms with van der Waals surface area (Å²) in [6.07, 6.45) is 1.60. The minimum absolute atomic E-state index is 0.154. The molecule has 1 aliphatic rings. The maximum Gasteiger partial charge on any atom is 0.316 e. The molecule has 1 aliphatic heterocycles. The van der Waals surface area contributed by atoms with Gasteiger partial charge in [-0.3, -0.25) is 9.59 Å². The van der Waals surface area contributed by atoms with E-state index in [1.165, 1.54) is 0 Å². The monoisotopic (exact) mass is 382 g/mol. The molecule has 0 saturated heterocycles. The highest BCUT2D eigenvalue weighted by molar-refractivity contribution is 6.14. The van der Waals surface area contributed by atoms with Crippen molar-refractivity contribution in [3.05, 3.63) is 53.3 Å².